The van der Waals surface area contributed by atoms with Crippen molar-refractivity contribution >= 4 is 11.7 Å². The van der Waals surface area contributed by atoms with Gasteiger partial charge in [0.2, 0.25) is 0 Å². The van der Waals surface area contributed by atoms with E-state index in [2.05, 4.69) is 38.6 Å². The minimum atomic E-state index is -0.900. The van der Waals surface area contributed by atoms with E-state index >= 15 is 0 Å². The lowest BCUT2D eigenvalue weighted by atomic mass is 10.0. The maximum Gasteiger partial charge on any atom is 0.305 e. The van der Waals surface area contributed by atoms with Gasteiger partial charge in [0.25, 0.3) is 0 Å². The topological polar surface area (TPSA) is 79.4 Å². The monoisotopic (exact) mass is 429 g/mol. The molecule has 0 saturated carbocycles. The number of ether oxygens (including phenoxy) is 2. The maximum absolute atomic E-state index is 12.1. The second-order valence-electron chi connectivity index (χ2n) is 8.81. The summed E-state index contributed by atoms with van der Waals surface area (Å²) < 4.78 is 13.8. The number of imidazole rings is 1. The molecule has 1 aliphatic heterocycles. The van der Waals surface area contributed by atoms with Crippen molar-refractivity contribution in [3.8, 4) is 12.3 Å². The zero-order chi connectivity index (χ0) is 23.0. The highest BCUT2D eigenvalue weighted by Crippen LogP contribution is 2.39. The summed E-state index contributed by atoms with van der Waals surface area (Å²) in [6.07, 6.45) is 14.2. The predicted octanol–water partition coefficient (Wildman–Crippen LogP) is 5.30. The normalized spacial score (nSPS) is 21.8. The van der Waals surface area contributed by atoms with Crippen molar-refractivity contribution in [1.29, 1.82) is 0 Å². The van der Waals surface area contributed by atoms with E-state index in [0.717, 1.165) is 61.2 Å². The van der Waals surface area contributed by atoms with E-state index in [1.54, 1.807) is 6.33 Å². The van der Waals surface area contributed by atoms with Crippen LogP contribution >= 0.6 is 0 Å². The van der Waals surface area contributed by atoms with Crippen LogP contribution in [0.5, 0.6) is 0 Å². The van der Waals surface area contributed by atoms with E-state index < -0.39 is 5.60 Å². The largest absolute Gasteiger partial charge is 0.462 e. The average molecular weight is 430 g/mol. The molecule has 0 aliphatic carbocycles. The van der Waals surface area contributed by atoms with Crippen molar-refractivity contribution in [3.05, 3.63) is 23.3 Å². The second kappa shape index (κ2) is 11.4. The van der Waals surface area contributed by atoms with Crippen molar-refractivity contribution in [2.75, 3.05) is 6.61 Å². The lowest BCUT2D eigenvalue weighted by molar-refractivity contribution is -0.152. The predicted molar refractivity (Wildman–Crippen MR) is 124 cm³/mol. The van der Waals surface area contributed by atoms with E-state index in [4.69, 9.17) is 21.6 Å². The van der Waals surface area contributed by atoms with Crippen LogP contribution in [0.15, 0.2) is 11.9 Å². The minimum Gasteiger partial charge on any atom is -0.462 e. The van der Waals surface area contributed by atoms with Crippen LogP contribution in [0.1, 0.15) is 110 Å². The van der Waals surface area contributed by atoms with Gasteiger partial charge in [0, 0.05) is 6.42 Å². The highest BCUT2D eigenvalue weighted by molar-refractivity contribution is 5.69. The quantitative estimate of drug-likeness (QED) is 0.293. The van der Waals surface area contributed by atoms with Crippen molar-refractivity contribution < 1.29 is 14.3 Å². The zero-order valence-corrected chi connectivity index (χ0v) is 19.9. The highest BCUT2D eigenvalue weighted by atomic mass is 16.6. The number of nitrogens with zero attached hydrogens (tertiary/aromatic N) is 2. The molecule has 0 radical (unpaired) electrons. The van der Waals surface area contributed by atoms with Crippen LogP contribution in [0.3, 0.4) is 0 Å². The number of esters is 1. The van der Waals surface area contributed by atoms with Crippen LogP contribution in [-0.2, 0) is 14.3 Å². The Balaban J connectivity index is 2.11. The first-order valence-electron chi connectivity index (χ1n) is 11.6. The van der Waals surface area contributed by atoms with Gasteiger partial charge in [-0.05, 0) is 44.1 Å². The summed E-state index contributed by atoms with van der Waals surface area (Å²) in [4.78, 5) is 16.7. The van der Waals surface area contributed by atoms with Crippen LogP contribution in [-0.4, -0.2) is 27.7 Å². The molecule has 0 spiro atoms. The van der Waals surface area contributed by atoms with Crippen molar-refractivity contribution in [2.24, 2.45) is 5.73 Å². The highest BCUT2D eigenvalue weighted by Gasteiger charge is 2.42. The van der Waals surface area contributed by atoms with Gasteiger partial charge in [-0.2, -0.15) is 0 Å². The number of unbranched alkanes of at least 4 members (excludes halogenated alkanes) is 3. The van der Waals surface area contributed by atoms with Crippen LogP contribution < -0.4 is 5.73 Å². The number of terminal acetylenes is 1. The standard InChI is InChI=1S/C25H39N3O3/c1-7-10-11-12-13-21(29)30-16-25(9-3)15-14-20(31-25)28-17-27-23(24(28)18(4)5)22(26)19(6)8-2/h3,17-18,20H,7-8,10-16,26H2,1-2,4-6H3. The number of aromatic nitrogens is 2. The summed E-state index contributed by atoms with van der Waals surface area (Å²) in [6.45, 7) is 10.6. The van der Waals surface area contributed by atoms with Gasteiger partial charge in [-0.1, -0.05) is 52.9 Å². The fraction of sp³-hybridized carbons (Fsp3) is 0.680. The van der Waals surface area contributed by atoms with Crippen LogP contribution in [0.4, 0.5) is 0 Å². The minimum absolute atomic E-state index is 0.0855. The molecule has 1 aliphatic rings. The molecule has 2 unspecified atom stereocenters. The Kier molecular flexibility index (Phi) is 9.18. The molecule has 31 heavy (non-hydrogen) atoms. The molecule has 2 rings (SSSR count). The summed E-state index contributed by atoms with van der Waals surface area (Å²) >= 11 is 0. The summed E-state index contributed by atoms with van der Waals surface area (Å²) in [6, 6.07) is 0. The molecular weight excluding hydrogens is 390 g/mol. The van der Waals surface area contributed by atoms with Gasteiger partial charge in [0.15, 0.2) is 5.60 Å². The van der Waals surface area contributed by atoms with E-state index in [0.29, 0.717) is 12.8 Å². The molecule has 1 aromatic heterocycles. The Morgan fingerprint density at radius 1 is 1.42 bits per heavy atom. The lowest BCUT2D eigenvalue weighted by Crippen LogP contribution is -2.34. The van der Waals surface area contributed by atoms with E-state index in [9.17, 15) is 4.79 Å². The summed E-state index contributed by atoms with van der Waals surface area (Å²) in [5, 5.41) is 0. The third-order valence-electron chi connectivity index (χ3n) is 6.05. The van der Waals surface area contributed by atoms with Gasteiger partial charge in [0.1, 0.15) is 18.5 Å². The van der Waals surface area contributed by atoms with E-state index in [1.807, 2.05) is 11.5 Å². The third kappa shape index (κ3) is 6.13. The Morgan fingerprint density at radius 3 is 2.77 bits per heavy atom. The van der Waals surface area contributed by atoms with Gasteiger partial charge >= 0.3 is 5.97 Å². The Bertz CT molecular complexity index is 818. The molecule has 1 fully saturated rings. The summed E-state index contributed by atoms with van der Waals surface area (Å²) in [5.74, 6) is 2.75. The molecule has 0 aromatic carbocycles. The molecule has 6 nitrogen and oxygen atoms in total. The molecule has 1 aromatic rings. The van der Waals surface area contributed by atoms with E-state index in [1.165, 1.54) is 0 Å². The number of rotatable bonds is 11. The maximum atomic E-state index is 12.1. The number of allylic oxidation sites excluding steroid dienone is 1. The molecule has 2 atom stereocenters. The lowest BCUT2D eigenvalue weighted by Gasteiger charge is -2.25. The Morgan fingerprint density at radius 2 is 2.16 bits per heavy atom. The first-order valence-corrected chi connectivity index (χ1v) is 11.6. The van der Waals surface area contributed by atoms with Crippen LogP contribution in [0, 0.1) is 12.3 Å². The Hall–Kier alpha value is -2.26. The first kappa shape index (κ1) is 25.0. The van der Waals surface area contributed by atoms with Gasteiger partial charge in [-0.25, -0.2) is 4.98 Å². The van der Waals surface area contributed by atoms with Gasteiger partial charge in [-0.3, -0.25) is 4.79 Å². The number of carbonyl (C=O) groups excluding carboxylic acids is 1. The number of carbonyl (C=O) groups is 1. The fourth-order valence-electron chi connectivity index (χ4n) is 3.92. The Labute approximate surface area is 187 Å². The summed E-state index contributed by atoms with van der Waals surface area (Å²) in [7, 11) is 0. The molecule has 172 valence electrons. The number of hydrogen-bond donors (Lipinski definition) is 1. The molecule has 0 bridgehead atoms. The SMILES string of the molecule is C#CC1(COC(=O)CCCCCC)CCC(n2cnc(C(N)=C(C)CC)c2C(C)C)O1. The van der Waals surface area contributed by atoms with Gasteiger partial charge < -0.3 is 19.8 Å². The molecular formula is C25H39N3O3. The number of hydrogen-bond acceptors (Lipinski definition) is 5. The smallest absolute Gasteiger partial charge is 0.305 e. The van der Waals surface area contributed by atoms with Gasteiger partial charge in [0.05, 0.1) is 17.7 Å². The number of nitrogens with two attached hydrogens (primary N) is 1. The molecule has 1 saturated heterocycles. The molecule has 0 amide bonds. The summed E-state index contributed by atoms with van der Waals surface area (Å²) in [5.41, 5.74) is 9.18. The van der Waals surface area contributed by atoms with Crippen molar-refractivity contribution in [2.45, 2.75) is 104 Å². The van der Waals surface area contributed by atoms with E-state index in [-0.39, 0.29) is 24.7 Å². The zero-order valence-electron chi connectivity index (χ0n) is 19.9. The second-order valence-corrected chi connectivity index (χ2v) is 8.81. The van der Waals surface area contributed by atoms with Crippen molar-refractivity contribution in [1.82, 2.24) is 9.55 Å². The van der Waals surface area contributed by atoms with Crippen molar-refractivity contribution in [3.63, 3.8) is 0 Å². The molecule has 6 heteroatoms. The van der Waals surface area contributed by atoms with Crippen LogP contribution in [0.2, 0.25) is 0 Å². The molecule has 2 N–H and O–H groups in total. The first-order chi connectivity index (χ1) is 14.8. The van der Waals surface area contributed by atoms with Gasteiger partial charge in [-0.15, -0.1) is 6.42 Å². The van der Waals surface area contributed by atoms with Crippen LogP contribution in [0.25, 0.3) is 5.70 Å². The third-order valence-corrected chi connectivity index (χ3v) is 6.05. The fourth-order valence-corrected chi connectivity index (χ4v) is 3.92. The molecule has 2 heterocycles. The average Bonchev–Trinajstić information content (AvgIpc) is 3.39.